The quantitative estimate of drug-likeness (QED) is 0.713. The lowest BCUT2D eigenvalue weighted by Gasteiger charge is -2.44. The maximum Gasteiger partial charge on any atom is 0.0671 e. The molecular formula is C12H25NO2. The molecule has 2 atom stereocenters. The summed E-state index contributed by atoms with van der Waals surface area (Å²) in [5, 5.41) is 0. The van der Waals surface area contributed by atoms with E-state index in [1.165, 1.54) is 0 Å². The van der Waals surface area contributed by atoms with Gasteiger partial charge in [-0.3, -0.25) is 0 Å². The maximum absolute atomic E-state index is 5.76. The monoisotopic (exact) mass is 215 g/mol. The van der Waals surface area contributed by atoms with E-state index >= 15 is 0 Å². The predicted molar refractivity (Wildman–Crippen MR) is 62.1 cm³/mol. The summed E-state index contributed by atoms with van der Waals surface area (Å²) in [4.78, 5) is 2.36. The van der Waals surface area contributed by atoms with Crippen molar-refractivity contribution in [3.8, 4) is 0 Å². The lowest BCUT2D eigenvalue weighted by atomic mass is 9.80. The second-order valence-corrected chi connectivity index (χ2v) is 5.26. The molecule has 90 valence electrons. The standard InChI is InChI=1S/C12H25NO2/c1-10(2)15-9-12(3)8-13(4)7-6-11(12)14-5/h10-11H,6-9H2,1-5H3/t11?,12-/m0/s1. The molecule has 1 fully saturated rings. The highest BCUT2D eigenvalue weighted by atomic mass is 16.5. The third-order valence-electron chi connectivity index (χ3n) is 3.21. The van der Waals surface area contributed by atoms with Crippen LogP contribution in [0.4, 0.5) is 0 Å². The van der Waals surface area contributed by atoms with Crippen molar-refractivity contribution in [3.05, 3.63) is 0 Å². The van der Waals surface area contributed by atoms with Gasteiger partial charge in [0, 0.05) is 25.6 Å². The molecule has 1 heterocycles. The third-order valence-corrected chi connectivity index (χ3v) is 3.21. The fourth-order valence-electron chi connectivity index (χ4n) is 2.38. The van der Waals surface area contributed by atoms with Crippen LogP contribution in [0.1, 0.15) is 27.2 Å². The van der Waals surface area contributed by atoms with E-state index in [4.69, 9.17) is 9.47 Å². The molecule has 1 aliphatic heterocycles. The van der Waals surface area contributed by atoms with Gasteiger partial charge in [0.25, 0.3) is 0 Å². The fraction of sp³-hybridized carbons (Fsp3) is 1.00. The molecule has 0 saturated carbocycles. The molecule has 0 bridgehead atoms. The number of hydrogen-bond acceptors (Lipinski definition) is 3. The number of methoxy groups -OCH3 is 1. The summed E-state index contributed by atoms with van der Waals surface area (Å²) in [5.74, 6) is 0. The SMILES string of the molecule is COC1CCN(C)C[C@@]1(C)COC(C)C. The van der Waals surface area contributed by atoms with Crippen molar-refractivity contribution in [2.75, 3.05) is 33.9 Å². The first-order valence-electron chi connectivity index (χ1n) is 5.81. The zero-order valence-electron chi connectivity index (χ0n) is 10.7. The Labute approximate surface area is 93.7 Å². The molecule has 15 heavy (non-hydrogen) atoms. The van der Waals surface area contributed by atoms with Crippen molar-refractivity contribution in [1.82, 2.24) is 4.90 Å². The number of hydrogen-bond donors (Lipinski definition) is 0. The molecule has 0 aromatic heterocycles. The predicted octanol–water partition coefficient (Wildman–Crippen LogP) is 1.77. The zero-order valence-corrected chi connectivity index (χ0v) is 10.7. The second kappa shape index (κ2) is 5.28. The van der Waals surface area contributed by atoms with E-state index in [1.54, 1.807) is 0 Å². The fourth-order valence-corrected chi connectivity index (χ4v) is 2.38. The van der Waals surface area contributed by atoms with E-state index in [2.05, 4.69) is 32.7 Å². The first-order valence-corrected chi connectivity index (χ1v) is 5.81. The number of likely N-dealkylation sites (tertiary alicyclic amines) is 1. The van der Waals surface area contributed by atoms with Crippen LogP contribution in [0.25, 0.3) is 0 Å². The molecule has 0 radical (unpaired) electrons. The summed E-state index contributed by atoms with van der Waals surface area (Å²) < 4.78 is 11.3. The van der Waals surface area contributed by atoms with Crippen molar-refractivity contribution >= 4 is 0 Å². The highest BCUT2D eigenvalue weighted by Crippen LogP contribution is 2.31. The Balaban J connectivity index is 2.58. The lowest BCUT2D eigenvalue weighted by Crippen LogP contribution is -2.52. The molecule has 0 N–H and O–H groups in total. The molecule has 1 rings (SSSR count). The van der Waals surface area contributed by atoms with Crippen LogP contribution in [0.2, 0.25) is 0 Å². The third kappa shape index (κ3) is 3.44. The minimum atomic E-state index is 0.131. The largest absolute Gasteiger partial charge is 0.381 e. The Morgan fingerprint density at radius 3 is 2.67 bits per heavy atom. The van der Waals surface area contributed by atoms with Crippen molar-refractivity contribution in [3.63, 3.8) is 0 Å². The summed E-state index contributed by atoms with van der Waals surface area (Å²) in [7, 11) is 3.98. The minimum absolute atomic E-state index is 0.131. The van der Waals surface area contributed by atoms with Gasteiger partial charge < -0.3 is 14.4 Å². The zero-order chi connectivity index (χ0) is 11.5. The Morgan fingerprint density at radius 2 is 2.13 bits per heavy atom. The van der Waals surface area contributed by atoms with Crippen LogP contribution < -0.4 is 0 Å². The van der Waals surface area contributed by atoms with Crippen LogP contribution in [0, 0.1) is 5.41 Å². The molecule has 0 amide bonds. The van der Waals surface area contributed by atoms with Gasteiger partial charge in [-0.1, -0.05) is 6.92 Å². The van der Waals surface area contributed by atoms with Crippen molar-refractivity contribution in [2.45, 2.75) is 39.4 Å². The van der Waals surface area contributed by atoms with E-state index in [0.29, 0.717) is 12.2 Å². The van der Waals surface area contributed by atoms with E-state index < -0.39 is 0 Å². The summed E-state index contributed by atoms with van der Waals surface area (Å²) in [6.07, 6.45) is 1.73. The molecule has 0 spiro atoms. The molecule has 3 nitrogen and oxygen atoms in total. The summed E-state index contributed by atoms with van der Waals surface area (Å²) in [5.41, 5.74) is 0.131. The van der Waals surface area contributed by atoms with Gasteiger partial charge in [0.05, 0.1) is 18.8 Å². The first kappa shape index (κ1) is 12.9. The van der Waals surface area contributed by atoms with Crippen LogP contribution in [0.5, 0.6) is 0 Å². The van der Waals surface area contributed by atoms with Gasteiger partial charge in [0.15, 0.2) is 0 Å². The highest BCUT2D eigenvalue weighted by molar-refractivity contribution is 4.90. The number of piperidine rings is 1. The van der Waals surface area contributed by atoms with Gasteiger partial charge in [-0.05, 0) is 27.3 Å². The normalized spacial score (nSPS) is 33.6. The van der Waals surface area contributed by atoms with Crippen molar-refractivity contribution < 1.29 is 9.47 Å². The van der Waals surface area contributed by atoms with E-state index in [9.17, 15) is 0 Å². The highest BCUT2D eigenvalue weighted by Gasteiger charge is 2.39. The molecule has 0 aromatic carbocycles. The molecule has 1 aliphatic rings. The van der Waals surface area contributed by atoms with Crippen molar-refractivity contribution in [1.29, 1.82) is 0 Å². The number of nitrogens with zero attached hydrogens (tertiary/aromatic N) is 1. The second-order valence-electron chi connectivity index (χ2n) is 5.26. The Kier molecular flexibility index (Phi) is 4.56. The summed E-state index contributed by atoms with van der Waals surface area (Å²) in [6, 6.07) is 0. The topological polar surface area (TPSA) is 21.7 Å². The first-order chi connectivity index (χ1) is 6.98. The van der Waals surface area contributed by atoms with Crippen LogP contribution >= 0.6 is 0 Å². The minimum Gasteiger partial charge on any atom is -0.381 e. The van der Waals surface area contributed by atoms with E-state index in [-0.39, 0.29) is 5.41 Å². The molecule has 1 unspecified atom stereocenters. The van der Waals surface area contributed by atoms with Crippen LogP contribution in [0.3, 0.4) is 0 Å². The van der Waals surface area contributed by atoms with Gasteiger partial charge in [-0.15, -0.1) is 0 Å². The van der Waals surface area contributed by atoms with E-state index in [1.807, 2.05) is 7.11 Å². The Bertz CT molecular complexity index is 196. The molecule has 1 saturated heterocycles. The summed E-state index contributed by atoms with van der Waals surface area (Å²) >= 11 is 0. The smallest absolute Gasteiger partial charge is 0.0671 e. The van der Waals surface area contributed by atoms with Crippen molar-refractivity contribution in [2.24, 2.45) is 5.41 Å². The molecular weight excluding hydrogens is 190 g/mol. The van der Waals surface area contributed by atoms with Gasteiger partial charge >= 0.3 is 0 Å². The maximum atomic E-state index is 5.76. The average molecular weight is 215 g/mol. The molecule has 3 heteroatoms. The summed E-state index contributed by atoms with van der Waals surface area (Å²) in [6.45, 7) is 9.39. The molecule has 0 aromatic rings. The van der Waals surface area contributed by atoms with Gasteiger partial charge in [-0.25, -0.2) is 0 Å². The Hall–Kier alpha value is -0.120. The van der Waals surface area contributed by atoms with Crippen LogP contribution in [-0.2, 0) is 9.47 Å². The van der Waals surface area contributed by atoms with Gasteiger partial charge in [-0.2, -0.15) is 0 Å². The van der Waals surface area contributed by atoms with Crippen LogP contribution in [-0.4, -0.2) is 51.0 Å². The Morgan fingerprint density at radius 1 is 1.47 bits per heavy atom. The lowest BCUT2D eigenvalue weighted by molar-refractivity contribution is -0.104. The van der Waals surface area contributed by atoms with Gasteiger partial charge in [0.1, 0.15) is 0 Å². The van der Waals surface area contributed by atoms with Crippen LogP contribution in [0.15, 0.2) is 0 Å². The van der Waals surface area contributed by atoms with Gasteiger partial charge in [0.2, 0.25) is 0 Å². The molecule has 0 aliphatic carbocycles. The number of ether oxygens (including phenoxy) is 2. The average Bonchev–Trinajstić information content (AvgIpc) is 2.15. The van der Waals surface area contributed by atoms with E-state index in [0.717, 1.165) is 26.1 Å². The number of rotatable bonds is 4.